The summed E-state index contributed by atoms with van der Waals surface area (Å²) in [5.74, 6) is 2.21. The van der Waals surface area contributed by atoms with Crippen LogP contribution < -0.4 is 15.5 Å². The van der Waals surface area contributed by atoms with Crippen molar-refractivity contribution in [3.63, 3.8) is 0 Å². The lowest BCUT2D eigenvalue weighted by molar-refractivity contribution is -0.114. The summed E-state index contributed by atoms with van der Waals surface area (Å²) in [5, 5.41) is 6.13. The number of aryl methyl sites for hydroxylation is 1. The van der Waals surface area contributed by atoms with Gasteiger partial charge in [-0.2, -0.15) is 0 Å². The largest absolute Gasteiger partial charge is 0.340 e. The van der Waals surface area contributed by atoms with Crippen LogP contribution in [0.1, 0.15) is 25.2 Å². The Balaban J connectivity index is 1.64. The SMILES string of the molecule is CC(=O)Nc1cccc(Nc2cc(N3c4ccccc4CC3C)nc(C)n2)c1. The second-order valence-electron chi connectivity index (χ2n) is 7.10. The minimum absolute atomic E-state index is 0.0981. The van der Waals surface area contributed by atoms with Gasteiger partial charge in [-0.3, -0.25) is 4.79 Å². The summed E-state index contributed by atoms with van der Waals surface area (Å²) < 4.78 is 0. The molecule has 6 heteroatoms. The van der Waals surface area contributed by atoms with Gasteiger partial charge in [0, 0.05) is 36.1 Å². The molecule has 0 radical (unpaired) electrons. The highest BCUT2D eigenvalue weighted by Crippen LogP contribution is 2.37. The molecule has 0 saturated carbocycles. The molecule has 3 aromatic rings. The molecule has 2 N–H and O–H groups in total. The van der Waals surface area contributed by atoms with Crippen LogP contribution in [0.15, 0.2) is 54.6 Å². The number of amides is 1. The second-order valence-corrected chi connectivity index (χ2v) is 7.10. The molecule has 1 unspecified atom stereocenters. The molecule has 0 aliphatic carbocycles. The highest BCUT2D eigenvalue weighted by Gasteiger charge is 2.28. The van der Waals surface area contributed by atoms with Gasteiger partial charge in [0.15, 0.2) is 0 Å². The van der Waals surface area contributed by atoms with E-state index in [0.29, 0.717) is 11.9 Å². The summed E-state index contributed by atoms with van der Waals surface area (Å²) in [6, 6.07) is 18.3. The van der Waals surface area contributed by atoms with Gasteiger partial charge < -0.3 is 15.5 Å². The predicted octanol–water partition coefficient (Wildman–Crippen LogP) is 4.57. The van der Waals surface area contributed by atoms with Crippen LogP contribution in [0, 0.1) is 6.92 Å². The van der Waals surface area contributed by atoms with Crippen LogP contribution in [-0.2, 0) is 11.2 Å². The van der Waals surface area contributed by atoms with E-state index >= 15 is 0 Å². The van der Waals surface area contributed by atoms with Gasteiger partial charge in [0.2, 0.25) is 5.91 Å². The van der Waals surface area contributed by atoms with Crippen molar-refractivity contribution < 1.29 is 4.79 Å². The number of nitrogens with zero attached hydrogens (tertiary/aromatic N) is 3. The maximum absolute atomic E-state index is 11.3. The number of hydrogen-bond acceptors (Lipinski definition) is 5. The number of benzene rings is 2. The summed E-state index contributed by atoms with van der Waals surface area (Å²) in [7, 11) is 0. The number of para-hydroxylation sites is 1. The molecule has 1 atom stereocenters. The number of hydrogen-bond donors (Lipinski definition) is 2. The molecule has 1 aliphatic rings. The molecular weight excluding hydrogens is 350 g/mol. The number of rotatable bonds is 4. The zero-order valence-corrected chi connectivity index (χ0v) is 16.2. The minimum Gasteiger partial charge on any atom is -0.340 e. The Morgan fingerprint density at radius 2 is 1.86 bits per heavy atom. The molecule has 0 fully saturated rings. The third kappa shape index (κ3) is 3.67. The first kappa shape index (κ1) is 18.0. The highest BCUT2D eigenvalue weighted by atomic mass is 16.1. The van der Waals surface area contributed by atoms with Crippen molar-refractivity contribution in [1.82, 2.24) is 9.97 Å². The maximum atomic E-state index is 11.3. The molecule has 4 rings (SSSR count). The Morgan fingerprint density at radius 1 is 1.07 bits per heavy atom. The zero-order valence-electron chi connectivity index (χ0n) is 16.2. The molecule has 28 heavy (non-hydrogen) atoms. The summed E-state index contributed by atoms with van der Waals surface area (Å²) >= 11 is 0. The van der Waals surface area contributed by atoms with E-state index in [-0.39, 0.29) is 5.91 Å². The molecule has 0 spiro atoms. The van der Waals surface area contributed by atoms with Crippen LogP contribution >= 0.6 is 0 Å². The van der Waals surface area contributed by atoms with Gasteiger partial charge >= 0.3 is 0 Å². The van der Waals surface area contributed by atoms with E-state index < -0.39 is 0 Å². The van der Waals surface area contributed by atoms with Gasteiger partial charge in [-0.05, 0) is 50.1 Å². The molecular formula is C22H23N5O. The van der Waals surface area contributed by atoms with E-state index in [1.54, 1.807) is 0 Å². The lowest BCUT2D eigenvalue weighted by atomic mass is 10.1. The Kier molecular flexibility index (Phi) is 4.69. The van der Waals surface area contributed by atoms with Gasteiger partial charge in [-0.1, -0.05) is 24.3 Å². The monoisotopic (exact) mass is 373 g/mol. The van der Waals surface area contributed by atoms with Crippen molar-refractivity contribution >= 4 is 34.6 Å². The minimum atomic E-state index is -0.0981. The van der Waals surface area contributed by atoms with Gasteiger partial charge in [0.1, 0.15) is 17.5 Å². The first-order valence-corrected chi connectivity index (χ1v) is 9.37. The Morgan fingerprint density at radius 3 is 2.68 bits per heavy atom. The summed E-state index contributed by atoms with van der Waals surface area (Å²) in [6.45, 7) is 5.60. The molecule has 1 aliphatic heterocycles. The average Bonchev–Trinajstić information content (AvgIpc) is 2.96. The Hall–Kier alpha value is -3.41. The molecule has 0 saturated heterocycles. The number of carbonyl (C=O) groups excluding carboxylic acids is 1. The fraction of sp³-hybridized carbons (Fsp3) is 0.227. The first-order chi connectivity index (χ1) is 13.5. The van der Waals surface area contributed by atoms with E-state index in [4.69, 9.17) is 0 Å². The lowest BCUT2D eigenvalue weighted by Gasteiger charge is -2.24. The van der Waals surface area contributed by atoms with Gasteiger partial charge in [0.25, 0.3) is 0 Å². The van der Waals surface area contributed by atoms with Crippen LogP contribution in [-0.4, -0.2) is 21.9 Å². The number of anilines is 5. The van der Waals surface area contributed by atoms with E-state index in [9.17, 15) is 4.79 Å². The summed E-state index contributed by atoms with van der Waals surface area (Å²) in [5.41, 5.74) is 4.13. The molecule has 0 bridgehead atoms. The zero-order chi connectivity index (χ0) is 19.7. The third-order valence-corrected chi connectivity index (χ3v) is 4.73. The quantitative estimate of drug-likeness (QED) is 0.701. The van der Waals surface area contributed by atoms with Crippen molar-refractivity contribution in [2.75, 3.05) is 15.5 Å². The molecule has 1 amide bonds. The number of nitrogens with one attached hydrogen (secondary N) is 2. The lowest BCUT2D eigenvalue weighted by Crippen LogP contribution is -2.25. The normalized spacial score (nSPS) is 15.2. The number of carbonyl (C=O) groups is 1. The molecule has 2 heterocycles. The predicted molar refractivity (Wildman–Crippen MR) is 113 cm³/mol. The van der Waals surface area contributed by atoms with E-state index in [0.717, 1.165) is 29.4 Å². The molecule has 142 valence electrons. The van der Waals surface area contributed by atoms with Crippen LogP contribution in [0.3, 0.4) is 0 Å². The van der Waals surface area contributed by atoms with E-state index in [1.807, 2.05) is 37.3 Å². The van der Waals surface area contributed by atoms with Crippen molar-refractivity contribution in [1.29, 1.82) is 0 Å². The van der Waals surface area contributed by atoms with Crippen LogP contribution in [0.5, 0.6) is 0 Å². The second kappa shape index (κ2) is 7.31. The van der Waals surface area contributed by atoms with Gasteiger partial charge in [-0.15, -0.1) is 0 Å². The van der Waals surface area contributed by atoms with Crippen LogP contribution in [0.2, 0.25) is 0 Å². The fourth-order valence-corrected chi connectivity index (χ4v) is 3.68. The number of fused-ring (bicyclic) bond motifs is 1. The highest BCUT2D eigenvalue weighted by molar-refractivity contribution is 5.89. The van der Waals surface area contributed by atoms with Crippen molar-refractivity contribution in [3.8, 4) is 0 Å². The molecule has 6 nitrogen and oxygen atoms in total. The first-order valence-electron chi connectivity index (χ1n) is 9.37. The smallest absolute Gasteiger partial charge is 0.221 e. The number of aromatic nitrogens is 2. The third-order valence-electron chi connectivity index (χ3n) is 4.73. The van der Waals surface area contributed by atoms with Gasteiger partial charge in [0.05, 0.1) is 0 Å². The van der Waals surface area contributed by atoms with Crippen LogP contribution in [0.25, 0.3) is 0 Å². The van der Waals surface area contributed by atoms with Crippen molar-refractivity contribution in [2.24, 2.45) is 0 Å². The topological polar surface area (TPSA) is 70.2 Å². The maximum Gasteiger partial charge on any atom is 0.221 e. The average molecular weight is 373 g/mol. The van der Waals surface area contributed by atoms with Gasteiger partial charge in [-0.25, -0.2) is 9.97 Å². The van der Waals surface area contributed by atoms with Crippen molar-refractivity contribution in [2.45, 2.75) is 33.2 Å². The van der Waals surface area contributed by atoms with E-state index in [1.165, 1.54) is 18.2 Å². The Bertz CT molecular complexity index is 1030. The van der Waals surface area contributed by atoms with Crippen LogP contribution in [0.4, 0.5) is 28.7 Å². The summed E-state index contributed by atoms with van der Waals surface area (Å²) in [6.07, 6.45) is 1.00. The standard InChI is InChI=1S/C22H23N5O/c1-14-11-17-7-4-5-10-20(17)27(14)22-13-21(23-15(2)24-22)26-19-9-6-8-18(12-19)25-16(3)28/h4-10,12-14H,11H2,1-3H3,(H,25,28)(H,23,24,26). The fourth-order valence-electron chi connectivity index (χ4n) is 3.68. The molecule has 2 aromatic carbocycles. The van der Waals surface area contributed by atoms with E-state index in [2.05, 4.69) is 56.7 Å². The Labute approximate surface area is 164 Å². The van der Waals surface area contributed by atoms with Crippen molar-refractivity contribution in [3.05, 3.63) is 66.0 Å². The summed E-state index contributed by atoms with van der Waals surface area (Å²) in [4.78, 5) is 22.8. The molecule has 1 aromatic heterocycles.